The number of rotatable bonds is 5. The van der Waals surface area contributed by atoms with Crippen LogP contribution in [0, 0.1) is 0 Å². The van der Waals surface area contributed by atoms with Gasteiger partial charge in [0.15, 0.2) is 0 Å². The molecule has 0 saturated carbocycles. The Balaban J connectivity index is 1.71. The molecule has 0 aliphatic heterocycles. The van der Waals surface area contributed by atoms with Gasteiger partial charge >= 0.3 is 0 Å². The summed E-state index contributed by atoms with van der Waals surface area (Å²) in [5.74, 6) is 0. The molecule has 2 aromatic heterocycles. The van der Waals surface area contributed by atoms with E-state index in [0.29, 0.717) is 0 Å². The van der Waals surface area contributed by atoms with E-state index in [1.54, 1.807) is 12.4 Å². The summed E-state index contributed by atoms with van der Waals surface area (Å²) < 4.78 is 0. The van der Waals surface area contributed by atoms with E-state index < -0.39 is 0 Å². The fraction of sp³-hybridized carbons (Fsp3) is 0.105. The highest BCUT2D eigenvalue weighted by molar-refractivity contribution is 5.92. The van der Waals surface area contributed by atoms with Gasteiger partial charge in [0.25, 0.3) is 0 Å². The molecule has 2 nitrogen and oxygen atoms in total. The zero-order chi connectivity index (χ0) is 14.7. The monoisotopic (exact) mass is 274 g/mol. The number of pyridine rings is 1. The molecule has 1 aromatic carbocycles. The first-order valence-electron chi connectivity index (χ1n) is 7.08. The molecule has 0 unspecified atom stereocenters. The van der Waals surface area contributed by atoms with E-state index in [9.17, 15) is 0 Å². The van der Waals surface area contributed by atoms with Gasteiger partial charge in [0.1, 0.15) is 0 Å². The maximum absolute atomic E-state index is 4.24. The predicted molar refractivity (Wildman–Crippen MR) is 89.8 cm³/mol. The third-order valence-electron chi connectivity index (χ3n) is 3.79. The normalized spacial score (nSPS) is 10.7. The average molecular weight is 274 g/mol. The second-order valence-electron chi connectivity index (χ2n) is 5.19. The van der Waals surface area contributed by atoms with Crippen LogP contribution in [0.4, 0.5) is 0 Å². The lowest BCUT2D eigenvalue weighted by molar-refractivity contribution is 1.09. The molecule has 0 atom stereocenters. The number of para-hydroxylation sites is 1. The number of benzene rings is 1. The topological polar surface area (TPSA) is 28.7 Å². The minimum Gasteiger partial charge on any atom is -0.361 e. The third-order valence-corrected chi connectivity index (χ3v) is 3.79. The van der Waals surface area contributed by atoms with Crippen molar-refractivity contribution in [3.05, 3.63) is 79.3 Å². The van der Waals surface area contributed by atoms with E-state index in [-0.39, 0.29) is 0 Å². The number of nitrogens with one attached hydrogen (secondary N) is 1. The van der Waals surface area contributed by atoms with Crippen molar-refractivity contribution < 1.29 is 0 Å². The Morgan fingerprint density at radius 3 is 2.48 bits per heavy atom. The van der Waals surface area contributed by atoms with Gasteiger partial charge in [-0.3, -0.25) is 4.98 Å². The van der Waals surface area contributed by atoms with Crippen molar-refractivity contribution in [2.24, 2.45) is 0 Å². The Bertz CT molecular complexity index is 781. The summed E-state index contributed by atoms with van der Waals surface area (Å²) in [4.78, 5) is 7.33. The average Bonchev–Trinajstić information content (AvgIpc) is 2.97. The molecule has 2 heteroatoms. The molecular weight excluding hydrogens is 256 g/mol. The summed E-state index contributed by atoms with van der Waals surface area (Å²) in [6.07, 6.45) is 7.46. The van der Waals surface area contributed by atoms with Crippen molar-refractivity contribution in [3.63, 3.8) is 0 Å². The van der Waals surface area contributed by atoms with Crippen molar-refractivity contribution in [2.45, 2.75) is 12.8 Å². The van der Waals surface area contributed by atoms with Crippen LogP contribution in [0.3, 0.4) is 0 Å². The molecular formula is C19H18N2. The minimum atomic E-state index is 0.905. The number of aromatic amines is 1. The maximum atomic E-state index is 4.24. The van der Waals surface area contributed by atoms with Crippen LogP contribution < -0.4 is 0 Å². The summed E-state index contributed by atoms with van der Waals surface area (Å²) in [6, 6.07) is 12.3. The molecule has 3 aromatic rings. The number of hydrogen-bond donors (Lipinski definition) is 1. The first-order valence-corrected chi connectivity index (χ1v) is 7.08. The molecule has 1 N–H and O–H groups in total. The smallest absolute Gasteiger partial charge is 0.0460 e. The highest BCUT2D eigenvalue weighted by Gasteiger charge is 2.07. The van der Waals surface area contributed by atoms with Crippen molar-refractivity contribution in [1.82, 2.24) is 9.97 Å². The van der Waals surface area contributed by atoms with E-state index >= 15 is 0 Å². The summed E-state index contributed by atoms with van der Waals surface area (Å²) in [6.45, 7) is 8.40. The quantitative estimate of drug-likeness (QED) is 0.691. The molecule has 21 heavy (non-hydrogen) atoms. The highest BCUT2D eigenvalue weighted by atomic mass is 14.7. The van der Waals surface area contributed by atoms with Crippen LogP contribution in [0.2, 0.25) is 0 Å². The summed E-state index contributed by atoms with van der Waals surface area (Å²) in [5.41, 5.74) is 5.77. The summed E-state index contributed by atoms with van der Waals surface area (Å²) in [7, 11) is 0. The van der Waals surface area contributed by atoms with Gasteiger partial charge < -0.3 is 4.98 Å². The first kappa shape index (κ1) is 13.4. The summed E-state index contributed by atoms with van der Waals surface area (Å²) in [5, 5.41) is 1.23. The second kappa shape index (κ2) is 5.80. The van der Waals surface area contributed by atoms with Crippen LogP contribution in [-0.2, 0) is 0 Å². The Morgan fingerprint density at radius 1 is 0.952 bits per heavy atom. The molecule has 0 fully saturated rings. The molecule has 3 rings (SSSR count). The van der Waals surface area contributed by atoms with E-state index in [4.69, 9.17) is 0 Å². The lowest BCUT2D eigenvalue weighted by Gasteiger charge is -2.08. The zero-order valence-corrected chi connectivity index (χ0v) is 12.0. The van der Waals surface area contributed by atoms with E-state index in [2.05, 4.69) is 41.3 Å². The highest BCUT2D eigenvalue weighted by Crippen LogP contribution is 2.29. The van der Waals surface area contributed by atoms with Crippen molar-refractivity contribution in [3.8, 4) is 0 Å². The Hall–Kier alpha value is -2.61. The Morgan fingerprint density at radius 2 is 1.67 bits per heavy atom. The van der Waals surface area contributed by atoms with Gasteiger partial charge in [-0.1, -0.05) is 31.4 Å². The van der Waals surface area contributed by atoms with Crippen LogP contribution in [-0.4, -0.2) is 9.97 Å². The van der Waals surface area contributed by atoms with Gasteiger partial charge in [0.2, 0.25) is 0 Å². The number of hydrogen-bond acceptors (Lipinski definition) is 1. The molecule has 104 valence electrons. The van der Waals surface area contributed by atoms with Crippen LogP contribution >= 0.6 is 0 Å². The van der Waals surface area contributed by atoms with Crippen molar-refractivity contribution >= 4 is 22.0 Å². The van der Waals surface area contributed by atoms with Gasteiger partial charge in [0.05, 0.1) is 0 Å². The van der Waals surface area contributed by atoms with Crippen LogP contribution in [0.5, 0.6) is 0 Å². The van der Waals surface area contributed by atoms with Gasteiger partial charge in [-0.25, -0.2) is 0 Å². The predicted octanol–water partition coefficient (Wildman–Crippen LogP) is 5.07. The van der Waals surface area contributed by atoms with E-state index in [1.165, 1.54) is 10.9 Å². The lowest BCUT2D eigenvalue weighted by atomic mass is 9.97. The van der Waals surface area contributed by atoms with Gasteiger partial charge in [-0.15, -0.1) is 0 Å². The minimum absolute atomic E-state index is 0.905. The number of nitrogens with zero attached hydrogens (tertiary/aromatic N) is 1. The number of H-pyrrole nitrogens is 1. The van der Waals surface area contributed by atoms with Gasteiger partial charge in [-0.05, 0) is 47.8 Å². The molecule has 0 saturated heterocycles. The first-order chi connectivity index (χ1) is 10.3. The van der Waals surface area contributed by atoms with E-state index in [1.807, 2.05) is 24.4 Å². The van der Waals surface area contributed by atoms with Crippen molar-refractivity contribution in [1.29, 1.82) is 0 Å². The van der Waals surface area contributed by atoms with Crippen molar-refractivity contribution in [2.75, 3.05) is 0 Å². The van der Waals surface area contributed by atoms with Crippen LogP contribution in [0.15, 0.2) is 68.1 Å². The zero-order valence-electron chi connectivity index (χ0n) is 12.0. The second-order valence-corrected chi connectivity index (χ2v) is 5.19. The standard InChI is InChI=1S/C19H18N2/c1-14(16-9-11-20-12-10-16)7-8-15(2)18-13-21-19-6-4-3-5-17(18)19/h3-6,9-13,21H,1-2,7-8H2. The number of fused-ring (bicyclic) bond motifs is 1. The Labute approximate surface area is 124 Å². The lowest BCUT2D eigenvalue weighted by Crippen LogP contribution is -1.87. The van der Waals surface area contributed by atoms with Gasteiger partial charge in [-0.2, -0.15) is 0 Å². The fourth-order valence-corrected chi connectivity index (χ4v) is 2.53. The number of aromatic nitrogens is 2. The Kier molecular flexibility index (Phi) is 3.69. The molecule has 0 aliphatic rings. The fourth-order valence-electron chi connectivity index (χ4n) is 2.53. The SMILES string of the molecule is C=C(CCC(=C)c1c[nH]c2ccccc12)c1ccncc1. The van der Waals surface area contributed by atoms with Crippen LogP contribution in [0.1, 0.15) is 24.0 Å². The molecule has 0 spiro atoms. The molecule has 0 aliphatic carbocycles. The molecule has 0 amide bonds. The summed E-state index contributed by atoms with van der Waals surface area (Å²) >= 11 is 0. The number of allylic oxidation sites excluding steroid dienone is 2. The van der Waals surface area contributed by atoms with E-state index in [0.717, 1.165) is 35.1 Å². The molecule has 0 radical (unpaired) electrons. The van der Waals surface area contributed by atoms with Crippen LogP contribution in [0.25, 0.3) is 22.0 Å². The molecule has 0 bridgehead atoms. The third kappa shape index (κ3) is 2.79. The largest absolute Gasteiger partial charge is 0.361 e. The maximum Gasteiger partial charge on any atom is 0.0460 e. The van der Waals surface area contributed by atoms with Gasteiger partial charge in [0, 0.05) is 35.1 Å². The molecule has 2 heterocycles.